The molecule has 0 saturated heterocycles. The van der Waals surface area contributed by atoms with Crippen molar-refractivity contribution in [1.82, 2.24) is 10.3 Å². The Balaban J connectivity index is 2.26. The summed E-state index contributed by atoms with van der Waals surface area (Å²) in [5, 5.41) is 6.37. The van der Waals surface area contributed by atoms with Crippen LogP contribution in [0.5, 0.6) is 11.5 Å². The van der Waals surface area contributed by atoms with Crippen molar-refractivity contribution in [2.45, 2.75) is 20.3 Å². The van der Waals surface area contributed by atoms with E-state index in [-0.39, 0.29) is 0 Å². The summed E-state index contributed by atoms with van der Waals surface area (Å²) in [6.45, 7) is 6.17. The van der Waals surface area contributed by atoms with Crippen LogP contribution in [0.1, 0.15) is 18.9 Å². The minimum absolute atomic E-state index is 0.624. The van der Waals surface area contributed by atoms with E-state index in [1.54, 1.807) is 11.3 Å². The summed E-state index contributed by atoms with van der Waals surface area (Å²) < 4.78 is 11.3. The van der Waals surface area contributed by atoms with Crippen molar-refractivity contribution in [3.63, 3.8) is 0 Å². The Morgan fingerprint density at radius 3 is 2.71 bits per heavy atom. The number of hydrogen-bond acceptors (Lipinski definition) is 5. The highest BCUT2D eigenvalue weighted by atomic mass is 32.1. The van der Waals surface area contributed by atoms with Crippen LogP contribution < -0.4 is 14.8 Å². The lowest BCUT2D eigenvalue weighted by Gasteiger charge is -2.11. The summed E-state index contributed by atoms with van der Waals surface area (Å²) >= 11 is 1.69. The van der Waals surface area contributed by atoms with Crippen molar-refractivity contribution in [1.29, 1.82) is 0 Å². The van der Waals surface area contributed by atoms with E-state index in [1.165, 1.54) is 0 Å². The maximum atomic E-state index is 5.74. The van der Waals surface area contributed by atoms with E-state index in [1.807, 2.05) is 39.1 Å². The van der Waals surface area contributed by atoms with Gasteiger partial charge < -0.3 is 14.8 Å². The maximum absolute atomic E-state index is 5.74. The van der Waals surface area contributed by atoms with Crippen LogP contribution in [0.4, 0.5) is 0 Å². The molecule has 0 aliphatic carbocycles. The molecule has 1 N–H and O–H groups in total. The number of benzene rings is 1. The fourth-order valence-electron chi connectivity index (χ4n) is 2.03. The molecule has 0 saturated carbocycles. The monoisotopic (exact) mass is 306 g/mol. The topological polar surface area (TPSA) is 43.4 Å². The van der Waals surface area contributed by atoms with E-state index in [4.69, 9.17) is 14.5 Å². The first-order valence-electron chi connectivity index (χ1n) is 7.27. The molecule has 0 unspecified atom stereocenters. The van der Waals surface area contributed by atoms with Crippen LogP contribution in [0.3, 0.4) is 0 Å². The van der Waals surface area contributed by atoms with Gasteiger partial charge in [0, 0.05) is 30.0 Å². The molecule has 1 heterocycles. The molecule has 0 atom stereocenters. The highest BCUT2D eigenvalue weighted by Gasteiger charge is 2.11. The lowest BCUT2D eigenvalue weighted by molar-refractivity contribution is 0.324. The SMILES string of the molecule is CCOc1ccc(-c2csc(CCNC)n2)c(OCC)c1. The molecule has 0 aliphatic rings. The molecule has 0 fully saturated rings. The third-order valence-corrected chi connectivity index (χ3v) is 3.89. The molecule has 0 aliphatic heterocycles. The lowest BCUT2D eigenvalue weighted by Crippen LogP contribution is -2.09. The Bertz CT molecular complexity index is 569. The largest absolute Gasteiger partial charge is 0.494 e. The third-order valence-electron chi connectivity index (χ3n) is 2.98. The van der Waals surface area contributed by atoms with Crippen LogP contribution in [0.25, 0.3) is 11.3 Å². The average Bonchev–Trinajstić information content (AvgIpc) is 2.95. The Morgan fingerprint density at radius 2 is 2.00 bits per heavy atom. The van der Waals surface area contributed by atoms with Gasteiger partial charge in [0.05, 0.1) is 23.9 Å². The van der Waals surface area contributed by atoms with Gasteiger partial charge in [0.2, 0.25) is 0 Å². The molecule has 5 heteroatoms. The zero-order valence-corrected chi connectivity index (χ0v) is 13.6. The van der Waals surface area contributed by atoms with Gasteiger partial charge in [0.15, 0.2) is 0 Å². The average molecular weight is 306 g/mol. The van der Waals surface area contributed by atoms with Crippen molar-refractivity contribution in [3.05, 3.63) is 28.6 Å². The van der Waals surface area contributed by atoms with Crippen LogP contribution >= 0.6 is 11.3 Å². The van der Waals surface area contributed by atoms with Gasteiger partial charge in [-0.05, 0) is 33.0 Å². The molecule has 114 valence electrons. The number of thiazole rings is 1. The number of hydrogen-bond donors (Lipinski definition) is 1. The number of nitrogens with zero attached hydrogens (tertiary/aromatic N) is 1. The van der Waals surface area contributed by atoms with Gasteiger partial charge in [-0.25, -0.2) is 4.98 Å². The quantitative estimate of drug-likeness (QED) is 0.812. The molecule has 0 amide bonds. The predicted octanol–water partition coefficient (Wildman–Crippen LogP) is 3.37. The first kappa shape index (κ1) is 15.8. The first-order chi connectivity index (χ1) is 10.3. The van der Waals surface area contributed by atoms with E-state index < -0.39 is 0 Å². The summed E-state index contributed by atoms with van der Waals surface area (Å²) in [6, 6.07) is 5.93. The van der Waals surface area contributed by atoms with Crippen LogP contribution in [-0.4, -0.2) is 31.8 Å². The number of nitrogens with one attached hydrogen (secondary N) is 1. The molecule has 1 aromatic carbocycles. The molecule has 2 rings (SSSR count). The van der Waals surface area contributed by atoms with Crippen molar-refractivity contribution in [2.75, 3.05) is 26.8 Å². The molecule has 0 spiro atoms. The molecule has 1 aromatic heterocycles. The van der Waals surface area contributed by atoms with E-state index in [0.29, 0.717) is 13.2 Å². The van der Waals surface area contributed by atoms with Crippen LogP contribution in [-0.2, 0) is 6.42 Å². The summed E-state index contributed by atoms with van der Waals surface area (Å²) in [4.78, 5) is 4.69. The van der Waals surface area contributed by atoms with E-state index in [9.17, 15) is 0 Å². The van der Waals surface area contributed by atoms with Crippen molar-refractivity contribution >= 4 is 11.3 Å². The number of ether oxygens (including phenoxy) is 2. The summed E-state index contributed by atoms with van der Waals surface area (Å²) in [5.41, 5.74) is 1.99. The smallest absolute Gasteiger partial charge is 0.132 e. The minimum atomic E-state index is 0.624. The summed E-state index contributed by atoms with van der Waals surface area (Å²) in [7, 11) is 1.95. The Morgan fingerprint density at radius 1 is 1.19 bits per heavy atom. The second-order valence-corrected chi connectivity index (χ2v) is 5.45. The molecular weight excluding hydrogens is 284 g/mol. The predicted molar refractivity (Wildman–Crippen MR) is 87.5 cm³/mol. The number of aromatic nitrogens is 1. The normalized spacial score (nSPS) is 10.6. The maximum Gasteiger partial charge on any atom is 0.132 e. The molecule has 21 heavy (non-hydrogen) atoms. The van der Waals surface area contributed by atoms with Gasteiger partial charge >= 0.3 is 0 Å². The van der Waals surface area contributed by atoms with Gasteiger partial charge in [-0.15, -0.1) is 11.3 Å². The molecule has 0 bridgehead atoms. The molecular formula is C16H22N2O2S. The van der Waals surface area contributed by atoms with Crippen LogP contribution in [0, 0.1) is 0 Å². The Labute approximate surface area is 130 Å². The zero-order valence-electron chi connectivity index (χ0n) is 12.8. The first-order valence-corrected chi connectivity index (χ1v) is 8.15. The highest BCUT2D eigenvalue weighted by Crippen LogP contribution is 2.34. The van der Waals surface area contributed by atoms with Gasteiger partial charge in [0.1, 0.15) is 11.5 Å². The molecule has 0 radical (unpaired) electrons. The highest BCUT2D eigenvalue weighted by molar-refractivity contribution is 7.09. The number of likely N-dealkylation sites (N-methyl/N-ethyl adjacent to an activating group) is 1. The van der Waals surface area contributed by atoms with Crippen LogP contribution in [0.15, 0.2) is 23.6 Å². The second kappa shape index (κ2) is 8.00. The van der Waals surface area contributed by atoms with Crippen molar-refractivity contribution in [2.24, 2.45) is 0 Å². The zero-order chi connectivity index (χ0) is 15.1. The summed E-state index contributed by atoms with van der Waals surface area (Å²) in [5.74, 6) is 1.66. The molecule has 2 aromatic rings. The number of rotatable bonds is 8. The lowest BCUT2D eigenvalue weighted by atomic mass is 10.1. The fourth-order valence-corrected chi connectivity index (χ4v) is 2.83. The fraction of sp³-hybridized carbons (Fsp3) is 0.438. The summed E-state index contributed by atoms with van der Waals surface area (Å²) in [6.07, 6.45) is 0.947. The molecule has 4 nitrogen and oxygen atoms in total. The second-order valence-electron chi connectivity index (χ2n) is 4.50. The Hall–Kier alpha value is -1.59. The van der Waals surface area contributed by atoms with Crippen molar-refractivity contribution in [3.8, 4) is 22.8 Å². The van der Waals surface area contributed by atoms with Gasteiger partial charge in [-0.1, -0.05) is 0 Å². The van der Waals surface area contributed by atoms with E-state index in [0.717, 1.165) is 40.7 Å². The van der Waals surface area contributed by atoms with Gasteiger partial charge in [0.25, 0.3) is 0 Å². The van der Waals surface area contributed by atoms with Crippen molar-refractivity contribution < 1.29 is 9.47 Å². The van der Waals surface area contributed by atoms with E-state index >= 15 is 0 Å². The minimum Gasteiger partial charge on any atom is -0.494 e. The Kier molecular flexibility index (Phi) is 6.02. The third kappa shape index (κ3) is 4.19. The van der Waals surface area contributed by atoms with Crippen LogP contribution in [0.2, 0.25) is 0 Å². The van der Waals surface area contributed by atoms with Gasteiger partial charge in [-0.2, -0.15) is 0 Å². The standard InChI is InChI=1S/C16H22N2O2S/c1-4-19-12-6-7-13(15(10-12)20-5-2)14-11-21-16(18-14)8-9-17-3/h6-7,10-11,17H,4-5,8-9H2,1-3H3. The van der Waals surface area contributed by atoms with E-state index in [2.05, 4.69) is 10.7 Å². The van der Waals surface area contributed by atoms with Gasteiger partial charge in [-0.3, -0.25) is 0 Å².